The topological polar surface area (TPSA) is 67.6 Å². The van der Waals surface area contributed by atoms with Gasteiger partial charge in [-0.3, -0.25) is 5.32 Å². The third kappa shape index (κ3) is 10.7. The van der Waals surface area contributed by atoms with Gasteiger partial charge in [-0.25, -0.2) is 4.79 Å². The van der Waals surface area contributed by atoms with Crippen molar-refractivity contribution >= 4 is 17.5 Å². The summed E-state index contributed by atoms with van der Waals surface area (Å²) in [6, 6.07) is 7.01. The van der Waals surface area contributed by atoms with Crippen LogP contribution in [0.4, 0.5) is 16.2 Å². The van der Waals surface area contributed by atoms with Gasteiger partial charge in [0.15, 0.2) is 0 Å². The van der Waals surface area contributed by atoms with Crippen LogP contribution in [0.3, 0.4) is 0 Å². The summed E-state index contributed by atoms with van der Waals surface area (Å²) in [6.45, 7) is 12.6. The molecule has 0 heterocycles. The lowest BCUT2D eigenvalue weighted by molar-refractivity contribution is 0.150. The van der Waals surface area contributed by atoms with Crippen molar-refractivity contribution in [1.82, 2.24) is 4.90 Å². The predicted octanol–water partition coefficient (Wildman–Crippen LogP) is 4.60. The summed E-state index contributed by atoms with van der Waals surface area (Å²) in [5, 5.41) is 2.71. The van der Waals surface area contributed by atoms with E-state index in [1.165, 1.54) is 12.8 Å². The summed E-state index contributed by atoms with van der Waals surface area (Å²) < 4.78 is 5.27. The Kier molecular flexibility index (Phi) is 10.0. The lowest BCUT2D eigenvalue weighted by atomic mass is 10.1. The molecule has 0 aliphatic rings. The molecule has 0 saturated carbocycles. The molecular weight excluding hydrogens is 314 g/mol. The Morgan fingerprint density at radius 3 is 2.12 bits per heavy atom. The minimum atomic E-state index is -0.416. The van der Waals surface area contributed by atoms with Gasteiger partial charge >= 0.3 is 6.09 Å². The first-order chi connectivity index (χ1) is 11.9. The monoisotopic (exact) mass is 349 g/mol. The fourth-order valence-electron chi connectivity index (χ4n) is 2.39. The number of carbonyl (C=O) groups is 1. The molecule has 0 bridgehead atoms. The Morgan fingerprint density at radius 2 is 1.60 bits per heavy atom. The molecule has 1 rings (SSSR count). The molecule has 142 valence electrons. The molecule has 0 atom stereocenters. The van der Waals surface area contributed by atoms with E-state index in [9.17, 15) is 4.79 Å². The van der Waals surface area contributed by atoms with Gasteiger partial charge in [-0.05, 0) is 68.5 Å². The summed E-state index contributed by atoms with van der Waals surface area (Å²) >= 11 is 0. The molecule has 25 heavy (non-hydrogen) atoms. The average molecular weight is 350 g/mol. The van der Waals surface area contributed by atoms with Crippen molar-refractivity contribution in [3.63, 3.8) is 0 Å². The van der Waals surface area contributed by atoms with Gasteiger partial charge in [-0.2, -0.15) is 0 Å². The highest BCUT2D eigenvalue weighted by atomic mass is 16.5. The van der Waals surface area contributed by atoms with Crippen molar-refractivity contribution in [2.24, 2.45) is 11.8 Å². The Morgan fingerprint density at radius 1 is 1.04 bits per heavy atom. The standard InChI is InChI=1S/C20H35N3O2/c1-16(2)10-13-23(14-11-17(3)4)12-5-15-25-20(24)22-19-8-6-18(21)7-9-19/h6-9,16-17H,5,10-15,21H2,1-4H3,(H,22,24). The lowest BCUT2D eigenvalue weighted by Crippen LogP contribution is -2.30. The number of hydrogen-bond donors (Lipinski definition) is 2. The fraction of sp³-hybridized carbons (Fsp3) is 0.650. The minimum absolute atomic E-state index is 0.416. The summed E-state index contributed by atoms with van der Waals surface area (Å²) in [5.41, 5.74) is 6.98. The van der Waals surface area contributed by atoms with E-state index in [1.54, 1.807) is 24.3 Å². The second-order valence-electron chi connectivity index (χ2n) is 7.44. The largest absolute Gasteiger partial charge is 0.449 e. The first-order valence-electron chi connectivity index (χ1n) is 9.38. The Hall–Kier alpha value is -1.75. The third-order valence-corrected chi connectivity index (χ3v) is 4.05. The summed E-state index contributed by atoms with van der Waals surface area (Å²) in [6.07, 6.45) is 2.85. The van der Waals surface area contributed by atoms with E-state index in [4.69, 9.17) is 10.5 Å². The maximum Gasteiger partial charge on any atom is 0.411 e. The van der Waals surface area contributed by atoms with Crippen LogP contribution in [0.2, 0.25) is 0 Å². The molecule has 0 spiro atoms. The lowest BCUT2D eigenvalue weighted by Gasteiger charge is -2.24. The van der Waals surface area contributed by atoms with E-state index in [0.29, 0.717) is 29.8 Å². The number of nitrogens with one attached hydrogen (secondary N) is 1. The van der Waals surface area contributed by atoms with E-state index in [-0.39, 0.29) is 0 Å². The number of amides is 1. The number of nitrogens with zero attached hydrogens (tertiary/aromatic N) is 1. The number of anilines is 2. The van der Waals surface area contributed by atoms with E-state index in [1.807, 2.05) is 0 Å². The fourth-order valence-corrected chi connectivity index (χ4v) is 2.39. The van der Waals surface area contributed by atoms with Crippen molar-refractivity contribution in [2.75, 3.05) is 37.3 Å². The maximum atomic E-state index is 11.8. The molecule has 3 N–H and O–H groups in total. The van der Waals surface area contributed by atoms with Crippen LogP contribution >= 0.6 is 0 Å². The van der Waals surface area contributed by atoms with Crippen LogP contribution in [-0.2, 0) is 4.74 Å². The number of nitrogen functional groups attached to an aromatic ring is 1. The number of nitrogens with two attached hydrogens (primary N) is 1. The zero-order valence-electron chi connectivity index (χ0n) is 16.3. The molecular formula is C20H35N3O2. The smallest absolute Gasteiger partial charge is 0.411 e. The van der Waals surface area contributed by atoms with Crippen LogP contribution in [0.1, 0.15) is 47.0 Å². The molecule has 5 nitrogen and oxygen atoms in total. The minimum Gasteiger partial charge on any atom is -0.449 e. The van der Waals surface area contributed by atoms with Crippen LogP contribution in [0, 0.1) is 11.8 Å². The van der Waals surface area contributed by atoms with E-state index < -0.39 is 6.09 Å². The van der Waals surface area contributed by atoms with Gasteiger partial charge < -0.3 is 15.4 Å². The molecule has 0 radical (unpaired) electrons. The molecule has 0 aromatic heterocycles. The molecule has 0 aliphatic carbocycles. The van der Waals surface area contributed by atoms with Crippen molar-refractivity contribution < 1.29 is 9.53 Å². The third-order valence-electron chi connectivity index (χ3n) is 4.05. The van der Waals surface area contributed by atoms with Gasteiger partial charge in [0.25, 0.3) is 0 Å². The summed E-state index contributed by atoms with van der Waals surface area (Å²) in [7, 11) is 0. The number of ether oxygens (including phenoxy) is 1. The van der Waals surface area contributed by atoms with Crippen LogP contribution in [0.5, 0.6) is 0 Å². The molecule has 1 amide bonds. The van der Waals surface area contributed by atoms with Crippen molar-refractivity contribution in [3.05, 3.63) is 24.3 Å². The highest BCUT2D eigenvalue weighted by Crippen LogP contribution is 2.11. The predicted molar refractivity (Wildman–Crippen MR) is 106 cm³/mol. The van der Waals surface area contributed by atoms with Crippen LogP contribution in [-0.4, -0.2) is 37.2 Å². The molecule has 0 unspecified atom stereocenters. The summed E-state index contributed by atoms with van der Waals surface area (Å²) in [4.78, 5) is 14.3. The summed E-state index contributed by atoms with van der Waals surface area (Å²) in [5.74, 6) is 1.42. The second kappa shape index (κ2) is 11.7. The molecule has 5 heteroatoms. The maximum absolute atomic E-state index is 11.8. The van der Waals surface area contributed by atoms with Gasteiger partial charge in [0.05, 0.1) is 6.61 Å². The second-order valence-corrected chi connectivity index (χ2v) is 7.44. The number of carbonyl (C=O) groups excluding carboxylic acids is 1. The van der Waals surface area contributed by atoms with Gasteiger partial charge in [0.2, 0.25) is 0 Å². The molecule has 0 fully saturated rings. The number of benzene rings is 1. The van der Waals surface area contributed by atoms with Gasteiger partial charge in [0.1, 0.15) is 0 Å². The van der Waals surface area contributed by atoms with Crippen LogP contribution in [0.25, 0.3) is 0 Å². The molecule has 1 aromatic rings. The molecule has 0 aliphatic heterocycles. The van der Waals surface area contributed by atoms with E-state index >= 15 is 0 Å². The van der Waals surface area contributed by atoms with Crippen LogP contribution in [0.15, 0.2) is 24.3 Å². The Bertz CT molecular complexity index is 474. The van der Waals surface area contributed by atoms with E-state index in [2.05, 4.69) is 37.9 Å². The molecule has 1 aromatic carbocycles. The van der Waals surface area contributed by atoms with Crippen molar-refractivity contribution in [1.29, 1.82) is 0 Å². The number of hydrogen-bond acceptors (Lipinski definition) is 4. The van der Waals surface area contributed by atoms with Gasteiger partial charge in [-0.1, -0.05) is 27.7 Å². The first kappa shape index (κ1) is 21.3. The first-order valence-corrected chi connectivity index (χ1v) is 9.38. The Labute approximate surface area is 152 Å². The van der Waals surface area contributed by atoms with Gasteiger partial charge in [0, 0.05) is 17.9 Å². The number of rotatable bonds is 11. The average Bonchev–Trinajstić information content (AvgIpc) is 2.55. The molecule has 0 saturated heterocycles. The van der Waals surface area contributed by atoms with Crippen molar-refractivity contribution in [2.45, 2.75) is 47.0 Å². The highest BCUT2D eigenvalue weighted by molar-refractivity contribution is 5.84. The SMILES string of the molecule is CC(C)CCN(CCCOC(=O)Nc1ccc(N)cc1)CCC(C)C. The van der Waals surface area contributed by atoms with Crippen molar-refractivity contribution in [3.8, 4) is 0 Å². The normalized spacial score (nSPS) is 11.3. The zero-order chi connectivity index (χ0) is 18.7. The van der Waals surface area contributed by atoms with Crippen LogP contribution < -0.4 is 11.1 Å². The zero-order valence-corrected chi connectivity index (χ0v) is 16.3. The highest BCUT2D eigenvalue weighted by Gasteiger charge is 2.08. The quantitative estimate of drug-likeness (QED) is 0.452. The Balaban J connectivity index is 2.26. The van der Waals surface area contributed by atoms with Gasteiger partial charge in [-0.15, -0.1) is 0 Å². The van der Waals surface area contributed by atoms with E-state index in [0.717, 1.165) is 26.1 Å².